The van der Waals surface area contributed by atoms with E-state index in [1.165, 1.54) is 6.42 Å². The molecule has 0 radical (unpaired) electrons. The lowest BCUT2D eigenvalue weighted by atomic mass is 9.99. The standard InChI is InChI=1S/C18H28N2O3/c1-4-14-7-5-6-12-20(14)18(21)10-11-19-16-9-8-15(22-2)13-17(16)23-3/h8-9,13-14,19H,4-7,10-12H2,1-3H3. The van der Waals surface area contributed by atoms with Gasteiger partial charge in [0.1, 0.15) is 11.5 Å². The number of hydrogen-bond donors (Lipinski definition) is 1. The van der Waals surface area contributed by atoms with Gasteiger partial charge in [-0.3, -0.25) is 4.79 Å². The summed E-state index contributed by atoms with van der Waals surface area (Å²) in [7, 11) is 3.26. The Hall–Kier alpha value is -1.91. The summed E-state index contributed by atoms with van der Waals surface area (Å²) < 4.78 is 10.5. The number of nitrogens with one attached hydrogen (secondary N) is 1. The van der Waals surface area contributed by atoms with E-state index in [0.717, 1.165) is 43.0 Å². The average molecular weight is 320 g/mol. The molecule has 128 valence electrons. The van der Waals surface area contributed by atoms with Gasteiger partial charge in [-0.2, -0.15) is 0 Å². The molecule has 1 N–H and O–H groups in total. The topological polar surface area (TPSA) is 50.8 Å². The maximum Gasteiger partial charge on any atom is 0.224 e. The number of carbonyl (C=O) groups is 1. The number of carbonyl (C=O) groups excluding carboxylic acids is 1. The highest BCUT2D eigenvalue weighted by Gasteiger charge is 2.24. The summed E-state index contributed by atoms with van der Waals surface area (Å²) in [5.41, 5.74) is 0.881. The maximum absolute atomic E-state index is 12.4. The molecule has 1 atom stereocenters. The Balaban J connectivity index is 1.88. The second-order valence-electron chi connectivity index (χ2n) is 5.89. The average Bonchev–Trinajstić information content (AvgIpc) is 2.61. The number of methoxy groups -OCH3 is 2. The van der Waals surface area contributed by atoms with Crippen LogP contribution in [0.2, 0.25) is 0 Å². The van der Waals surface area contributed by atoms with Crippen LogP contribution in [0.15, 0.2) is 18.2 Å². The molecule has 0 aromatic heterocycles. The largest absolute Gasteiger partial charge is 0.497 e. The molecule has 1 amide bonds. The van der Waals surface area contributed by atoms with E-state index in [1.54, 1.807) is 14.2 Å². The van der Waals surface area contributed by atoms with Gasteiger partial charge in [0, 0.05) is 31.6 Å². The quantitative estimate of drug-likeness (QED) is 0.837. The summed E-state index contributed by atoms with van der Waals surface area (Å²) in [6, 6.07) is 6.05. The van der Waals surface area contributed by atoms with Crippen LogP contribution in [0.1, 0.15) is 39.0 Å². The van der Waals surface area contributed by atoms with Crippen LogP contribution in [0.4, 0.5) is 5.69 Å². The summed E-state index contributed by atoms with van der Waals surface area (Å²) in [6.07, 6.45) is 5.06. The predicted molar refractivity (Wildman–Crippen MR) is 92.3 cm³/mol. The van der Waals surface area contributed by atoms with Gasteiger partial charge in [0.25, 0.3) is 0 Å². The Kier molecular flexibility index (Phi) is 6.56. The number of hydrogen-bond acceptors (Lipinski definition) is 4. The van der Waals surface area contributed by atoms with Gasteiger partial charge in [-0.05, 0) is 37.8 Å². The zero-order valence-corrected chi connectivity index (χ0v) is 14.4. The molecule has 1 aromatic rings. The Morgan fingerprint density at radius 1 is 1.30 bits per heavy atom. The van der Waals surface area contributed by atoms with Crippen LogP contribution >= 0.6 is 0 Å². The molecule has 0 spiro atoms. The summed E-state index contributed by atoms with van der Waals surface area (Å²) in [6.45, 7) is 3.67. The third-order valence-electron chi connectivity index (χ3n) is 4.48. The van der Waals surface area contributed by atoms with E-state index in [2.05, 4.69) is 17.1 Å². The van der Waals surface area contributed by atoms with E-state index in [0.29, 0.717) is 19.0 Å². The Morgan fingerprint density at radius 3 is 2.83 bits per heavy atom. The fourth-order valence-electron chi connectivity index (χ4n) is 3.15. The van der Waals surface area contributed by atoms with Crippen molar-refractivity contribution in [2.75, 3.05) is 32.6 Å². The van der Waals surface area contributed by atoms with E-state index in [-0.39, 0.29) is 5.91 Å². The minimum Gasteiger partial charge on any atom is -0.497 e. The van der Waals surface area contributed by atoms with Crippen LogP contribution in [-0.4, -0.2) is 44.2 Å². The van der Waals surface area contributed by atoms with E-state index in [4.69, 9.17) is 9.47 Å². The zero-order valence-electron chi connectivity index (χ0n) is 14.4. The fraction of sp³-hybridized carbons (Fsp3) is 0.611. The number of nitrogens with zero attached hydrogens (tertiary/aromatic N) is 1. The van der Waals surface area contributed by atoms with Crippen molar-refractivity contribution in [3.63, 3.8) is 0 Å². The van der Waals surface area contributed by atoms with Gasteiger partial charge >= 0.3 is 0 Å². The first-order valence-electron chi connectivity index (χ1n) is 8.45. The first kappa shape index (κ1) is 17.4. The van der Waals surface area contributed by atoms with Crippen LogP contribution in [0, 0.1) is 0 Å². The number of anilines is 1. The van der Waals surface area contributed by atoms with Crippen LogP contribution in [0.25, 0.3) is 0 Å². The van der Waals surface area contributed by atoms with Crippen molar-refractivity contribution >= 4 is 11.6 Å². The van der Waals surface area contributed by atoms with Crippen LogP contribution < -0.4 is 14.8 Å². The lowest BCUT2D eigenvalue weighted by Crippen LogP contribution is -2.43. The predicted octanol–water partition coefficient (Wildman–Crippen LogP) is 3.30. The van der Waals surface area contributed by atoms with Crippen molar-refractivity contribution in [3.8, 4) is 11.5 Å². The van der Waals surface area contributed by atoms with Crippen molar-refractivity contribution in [2.24, 2.45) is 0 Å². The van der Waals surface area contributed by atoms with Crippen molar-refractivity contribution in [1.29, 1.82) is 0 Å². The van der Waals surface area contributed by atoms with Crippen LogP contribution in [-0.2, 0) is 4.79 Å². The van der Waals surface area contributed by atoms with Gasteiger partial charge in [-0.1, -0.05) is 6.92 Å². The summed E-state index contributed by atoms with van der Waals surface area (Å²) >= 11 is 0. The third kappa shape index (κ3) is 4.53. The van der Waals surface area contributed by atoms with E-state index in [9.17, 15) is 4.79 Å². The van der Waals surface area contributed by atoms with Crippen LogP contribution in [0.5, 0.6) is 11.5 Å². The van der Waals surface area contributed by atoms with Gasteiger partial charge in [-0.15, -0.1) is 0 Å². The molecule has 1 fully saturated rings. The molecule has 1 aliphatic heterocycles. The summed E-state index contributed by atoms with van der Waals surface area (Å²) in [4.78, 5) is 14.5. The number of ether oxygens (including phenoxy) is 2. The highest BCUT2D eigenvalue weighted by Crippen LogP contribution is 2.29. The fourth-order valence-corrected chi connectivity index (χ4v) is 3.15. The van der Waals surface area contributed by atoms with Crippen molar-refractivity contribution < 1.29 is 14.3 Å². The van der Waals surface area contributed by atoms with E-state index >= 15 is 0 Å². The summed E-state index contributed by atoms with van der Waals surface area (Å²) in [5, 5.41) is 3.29. The SMILES string of the molecule is CCC1CCCCN1C(=O)CCNc1ccc(OC)cc1OC. The third-order valence-corrected chi connectivity index (χ3v) is 4.48. The first-order chi connectivity index (χ1) is 11.2. The molecule has 2 rings (SSSR count). The second-order valence-corrected chi connectivity index (χ2v) is 5.89. The number of piperidine rings is 1. The maximum atomic E-state index is 12.4. The van der Waals surface area contributed by atoms with Gasteiger partial charge < -0.3 is 19.7 Å². The smallest absolute Gasteiger partial charge is 0.224 e. The van der Waals surface area contributed by atoms with Gasteiger partial charge in [-0.25, -0.2) is 0 Å². The molecular formula is C18H28N2O3. The summed E-state index contributed by atoms with van der Waals surface area (Å²) in [5.74, 6) is 1.72. The number of amides is 1. The molecule has 5 nitrogen and oxygen atoms in total. The molecule has 1 unspecified atom stereocenters. The molecule has 0 aliphatic carbocycles. The molecule has 1 heterocycles. The first-order valence-corrected chi connectivity index (χ1v) is 8.45. The Labute approximate surface area is 139 Å². The number of rotatable bonds is 7. The monoisotopic (exact) mass is 320 g/mol. The molecule has 1 saturated heterocycles. The number of benzene rings is 1. The molecule has 1 aromatic carbocycles. The van der Waals surface area contributed by atoms with Gasteiger partial charge in [0.05, 0.1) is 19.9 Å². The molecule has 5 heteroatoms. The Morgan fingerprint density at radius 2 is 2.13 bits per heavy atom. The molecular weight excluding hydrogens is 292 g/mol. The molecule has 1 aliphatic rings. The molecule has 23 heavy (non-hydrogen) atoms. The minimum atomic E-state index is 0.247. The lowest BCUT2D eigenvalue weighted by Gasteiger charge is -2.35. The van der Waals surface area contributed by atoms with E-state index < -0.39 is 0 Å². The van der Waals surface area contributed by atoms with Crippen molar-refractivity contribution in [2.45, 2.75) is 45.1 Å². The van der Waals surface area contributed by atoms with Gasteiger partial charge in [0.2, 0.25) is 5.91 Å². The van der Waals surface area contributed by atoms with Crippen molar-refractivity contribution in [3.05, 3.63) is 18.2 Å². The van der Waals surface area contributed by atoms with E-state index in [1.807, 2.05) is 18.2 Å². The highest BCUT2D eigenvalue weighted by atomic mass is 16.5. The normalized spacial score (nSPS) is 17.7. The molecule has 0 bridgehead atoms. The Bertz CT molecular complexity index is 519. The molecule has 0 saturated carbocycles. The second kappa shape index (κ2) is 8.65. The minimum absolute atomic E-state index is 0.247. The van der Waals surface area contributed by atoms with Gasteiger partial charge in [0.15, 0.2) is 0 Å². The van der Waals surface area contributed by atoms with Crippen LogP contribution in [0.3, 0.4) is 0 Å². The van der Waals surface area contributed by atoms with Crippen molar-refractivity contribution in [1.82, 2.24) is 4.90 Å². The zero-order chi connectivity index (χ0) is 16.7. The number of likely N-dealkylation sites (tertiary alicyclic amines) is 1. The highest BCUT2D eigenvalue weighted by molar-refractivity contribution is 5.77. The lowest BCUT2D eigenvalue weighted by molar-refractivity contribution is -0.134.